The molecule has 0 saturated heterocycles. The van der Waals surface area contributed by atoms with Crippen molar-refractivity contribution in [2.45, 2.75) is 32.6 Å². The topological polar surface area (TPSA) is 26.3 Å². The molecule has 0 aliphatic rings. The van der Waals surface area contributed by atoms with Crippen LogP contribution in [0.5, 0.6) is 5.75 Å². The van der Waals surface area contributed by atoms with Crippen LogP contribution in [0.25, 0.3) is 0 Å². The Morgan fingerprint density at radius 3 is 2.38 bits per heavy atom. The Bertz CT molecular complexity index is 544. The summed E-state index contributed by atoms with van der Waals surface area (Å²) in [6, 6.07) is 17.5. The van der Waals surface area contributed by atoms with E-state index in [2.05, 4.69) is 19.1 Å². The van der Waals surface area contributed by atoms with Crippen LogP contribution in [0.4, 0.5) is 0 Å². The highest BCUT2D eigenvalue weighted by Gasteiger charge is 2.05. The maximum atomic E-state index is 11.9. The molecule has 2 nitrogen and oxygen atoms in total. The average molecular weight is 282 g/mol. The quantitative estimate of drug-likeness (QED) is 0.657. The van der Waals surface area contributed by atoms with Gasteiger partial charge in [-0.1, -0.05) is 55.8 Å². The average Bonchev–Trinajstić information content (AvgIpc) is 2.55. The van der Waals surface area contributed by atoms with Crippen molar-refractivity contribution < 1.29 is 9.53 Å². The largest absolute Gasteiger partial charge is 0.493 e. The minimum absolute atomic E-state index is 0.121. The van der Waals surface area contributed by atoms with E-state index in [1.807, 2.05) is 42.5 Å². The van der Waals surface area contributed by atoms with Gasteiger partial charge in [0.1, 0.15) is 5.75 Å². The molecular formula is C19H22O2. The maximum absolute atomic E-state index is 11.9. The zero-order valence-corrected chi connectivity index (χ0v) is 12.5. The molecular weight excluding hydrogens is 260 g/mol. The van der Waals surface area contributed by atoms with E-state index < -0.39 is 0 Å². The number of hydrogen-bond donors (Lipinski definition) is 0. The Morgan fingerprint density at radius 1 is 1.00 bits per heavy atom. The van der Waals surface area contributed by atoms with E-state index in [4.69, 9.17) is 4.74 Å². The normalized spacial score (nSPS) is 10.3. The number of ether oxygens (including phenoxy) is 1. The van der Waals surface area contributed by atoms with E-state index >= 15 is 0 Å². The lowest BCUT2D eigenvalue weighted by atomic mass is 10.1. The number of unbranched alkanes of at least 4 members (excludes halogenated alkanes) is 1. The van der Waals surface area contributed by atoms with Crippen LogP contribution in [0, 0.1) is 0 Å². The van der Waals surface area contributed by atoms with Gasteiger partial charge < -0.3 is 4.74 Å². The fourth-order valence-corrected chi connectivity index (χ4v) is 2.16. The van der Waals surface area contributed by atoms with Crippen molar-refractivity contribution in [1.29, 1.82) is 0 Å². The first-order valence-corrected chi connectivity index (χ1v) is 7.59. The highest BCUT2D eigenvalue weighted by molar-refractivity contribution is 5.96. The molecule has 0 N–H and O–H groups in total. The summed E-state index contributed by atoms with van der Waals surface area (Å²) >= 11 is 0. The van der Waals surface area contributed by atoms with Gasteiger partial charge in [-0.2, -0.15) is 0 Å². The molecule has 0 saturated carbocycles. The second kappa shape index (κ2) is 8.25. The van der Waals surface area contributed by atoms with Crippen molar-refractivity contribution in [3.05, 3.63) is 65.7 Å². The number of ketones is 1. The van der Waals surface area contributed by atoms with Gasteiger partial charge in [0.25, 0.3) is 0 Å². The number of rotatable bonds is 8. The molecule has 0 aliphatic heterocycles. The molecule has 2 rings (SSSR count). The smallest absolute Gasteiger partial charge is 0.166 e. The minimum Gasteiger partial charge on any atom is -0.493 e. The summed E-state index contributed by atoms with van der Waals surface area (Å²) in [6.45, 7) is 2.61. The predicted octanol–water partition coefficient (Wildman–Crippen LogP) is 4.68. The number of benzene rings is 2. The zero-order valence-electron chi connectivity index (χ0n) is 12.5. The van der Waals surface area contributed by atoms with Crippen LogP contribution < -0.4 is 4.74 Å². The Morgan fingerprint density at radius 2 is 1.71 bits per heavy atom. The summed E-state index contributed by atoms with van der Waals surface area (Å²) in [5, 5.41) is 0. The van der Waals surface area contributed by atoms with Gasteiger partial charge in [-0.3, -0.25) is 4.79 Å². The van der Waals surface area contributed by atoms with Crippen LogP contribution in [0.15, 0.2) is 54.6 Å². The summed E-state index contributed by atoms with van der Waals surface area (Å²) in [7, 11) is 0. The van der Waals surface area contributed by atoms with Crippen molar-refractivity contribution in [3.63, 3.8) is 0 Å². The van der Waals surface area contributed by atoms with E-state index in [0.29, 0.717) is 13.0 Å². The van der Waals surface area contributed by atoms with E-state index in [1.54, 1.807) is 0 Å². The highest BCUT2D eigenvalue weighted by Crippen LogP contribution is 2.14. The minimum atomic E-state index is 0.121. The van der Waals surface area contributed by atoms with Crippen molar-refractivity contribution in [2.24, 2.45) is 0 Å². The molecule has 0 fully saturated rings. The molecule has 2 aromatic carbocycles. The Hall–Kier alpha value is -2.09. The fourth-order valence-electron chi connectivity index (χ4n) is 2.16. The molecule has 0 unspecified atom stereocenters. The van der Waals surface area contributed by atoms with E-state index in [-0.39, 0.29) is 5.78 Å². The van der Waals surface area contributed by atoms with E-state index in [9.17, 15) is 4.79 Å². The number of carbonyl (C=O) groups excluding carboxylic acids is 1. The first-order chi connectivity index (χ1) is 10.3. The first kappa shape index (κ1) is 15.3. The molecule has 0 bridgehead atoms. The van der Waals surface area contributed by atoms with Gasteiger partial charge in [0.05, 0.1) is 6.61 Å². The van der Waals surface area contributed by atoms with Crippen molar-refractivity contribution in [2.75, 3.05) is 6.61 Å². The van der Waals surface area contributed by atoms with Crippen LogP contribution in [0.1, 0.15) is 42.1 Å². The zero-order chi connectivity index (χ0) is 14.9. The monoisotopic (exact) mass is 282 g/mol. The van der Waals surface area contributed by atoms with Crippen LogP contribution in [-0.4, -0.2) is 12.4 Å². The maximum Gasteiger partial charge on any atom is 0.166 e. The lowest BCUT2D eigenvalue weighted by Crippen LogP contribution is -2.06. The SMILES string of the molecule is CCCCc1ccc(OCCC(=O)c2ccccc2)cc1. The first-order valence-electron chi connectivity index (χ1n) is 7.59. The van der Waals surface area contributed by atoms with Crippen LogP contribution >= 0.6 is 0 Å². The van der Waals surface area contributed by atoms with Crippen LogP contribution in [0.3, 0.4) is 0 Å². The number of carbonyl (C=O) groups is 1. The molecule has 0 heterocycles. The van der Waals surface area contributed by atoms with E-state index in [0.717, 1.165) is 17.7 Å². The van der Waals surface area contributed by atoms with Crippen LogP contribution in [0.2, 0.25) is 0 Å². The summed E-state index contributed by atoms with van der Waals surface area (Å²) in [6.07, 6.45) is 3.94. The standard InChI is InChI=1S/C19H22O2/c1-2-3-7-16-10-12-18(13-11-16)21-15-14-19(20)17-8-5-4-6-9-17/h4-6,8-13H,2-3,7,14-15H2,1H3. The molecule has 0 spiro atoms. The second-order valence-electron chi connectivity index (χ2n) is 5.14. The molecule has 2 heteroatoms. The summed E-state index contributed by atoms with van der Waals surface area (Å²) < 4.78 is 5.64. The van der Waals surface area contributed by atoms with Gasteiger partial charge >= 0.3 is 0 Å². The molecule has 0 atom stereocenters. The molecule has 0 radical (unpaired) electrons. The van der Waals surface area contributed by atoms with Gasteiger partial charge in [-0.25, -0.2) is 0 Å². The lowest BCUT2D eigenvalue weighted by molar-refractivity contribution is 0.0962. The number of Topliss-reactive ketones (excluding diaryl/α,β-unsaturated/α-hetero) is 1. The Labute approximate surface area is 126 Å². The second-order valence-corrected chi connectivity index (χ2v) is 5.14. The fraction of sp³-hybridized carbons (Fsp3) is 0.316. The molecule has 21 heavy (non-hydrogen) atoms. The van der Waals surface area contributed by atoms with Gasteiger partial charge in [-0.05, 0) is 30.5 Å². The third kappa shape index (κ3) is 5.07. The summed E-state index contributed by atoms with van der Waals surface area (Å²) in [4.78, 5) is 11.9. The summed E-state index contributed by atoms with van der Waals surface area (Å²) in [5.41, 5.74) is 2.08. The Kier molecular flexibility index (Phi) is 6.01. The van der Waals surface area contributed by atoms with Gasteiger partial charge in [0.15, 0.2) is 5.78 Å². The van der Waals surface area contributed by atoms with Crippen molar-refractivity contribution in [3.8, 4) is 5.75 Å². The highest BCUT2D eigenvalue weighted by atomic mass is 16.5. The Balaban J connectivity index is 1.77. The van der Waals surface area contributed by atoms with Crippen molar-refractivity contribution >= 4 is 5.78 Å². The molecule has 110 valence electrons. The molecule has 0 aromatic heterocycles. The predicted molar refractivity (Wildman–Crippen MR) is 85.9 cm³/mol. The third-order valence-electron chi connectivity index (χ3n) is 3.44. The molecule has 2 aromatic rings. The molecule has 0 aliphatic carbocycles. The van der Waals surface area contributed by atoms with Crippen LogP contribution in [-0.2, 0) is 6.42 Å². The lowest BCUT2D eigenvalue weighted by Gasteiger charge is -2.07. The van der Waals surface area contributed by atoms with Gasteiger partial charge in [0, 0.05) is 12.0 Å². The number of hydrogen-bond acceptors (Lipinski definition) is 2. The third-order valence-corrected chi connectivity index (χ3v) is 3.44. The van der Waals surface area contributed by atoms with Gasteiger partial charge in [-0.15, -0.1) is 0 Å². The van der Waals surface area contributed by atoms with Gasteiger partial charge in [0.2, 0.25) is 0 Å². The summed E-state index contributed by atoms with van der Waals surface area (Å²) in [5.74, 6) is 0.950. The number of aryl methyl sites for hydroxylation is 1. The van der Waals surface area contributed by atoms with E-state index in [1.165, 1.54) is 18.4 Å². The molecule has 0 amide bonds. The van der Waals surface area contributed by atoms with Crippen molar-refractivity contribution in [1.82, 2.24) is 0 Å².